The van der Waals surface area contributed by atoms with Crippen LogP contribution in [0.1, 0.15) is 30.4 Å². The van der Waals surface area contributed by atoms with Gasteiger partial charge in [-0.3, -0.25) is 14.0 Å². The largest absolute Gasteiger partial charge is 0.484 e. The Hall–Kier alpha value is -2.58. The molecule has 0 aliphatic carbocycles. The van der Waals surface area contributed by atoms with Crippen LogP contribution in [0.2, 0.25) is 0 Å². The van der Waals surface area contributed by atoms with E-state index in [1.807, 2.05) is 12.1 Å². The highest BCUT2D eigenvalue weighted by Gasteiger charge is 2.12. The molecular formula is C23H31N3O4S. The van der Waals surface area contributed by atoms with Gasteiger partial charge in [0.2, 0.25) is 10.0 Å². The van der Waals surface area contributed by atoms with Crippen LogP contribution in [0.25, 0.3) is 0 Å². The Balaban J connectivity index is 1.44. The van der Waals surface area contributed by atoms with E-state index in [4.69, 9.17) is 4.74 Å². The van der Waals surface area contributed by atoms with Crippen molar-refractivity contribution in [2.45, 2.75) is 32.4 Å². The van der Waals surface area contributed by atoms with E-state index in [1.165, 1.54) is 36.2 Å². The van der Waals surface area contributed by atoms with Gasteiger partial charge in [0.15, 0.2) is 6.61 Å². The van der Waals surface area contributed by atoms with Gasteiger partial charge in [0.05, 0.1) is 11.9 Å². The third kappa shape index (κ3) is 7.25. The smallest absolute Gasteiger partial charge is 0.258 e. The molecule has 1 aliphatic heterocycles. The fourth-order valence-corrected chi connectivity index (χ4v) is 4.06. The highest BCUT2D eigenvalue weighted by molar-refractivity contribution is 7.92. The normalized spacial score (nSPS) is 14.8. The summed E-state index contributed by atoms with van der Waals surface area (Å²) in [6, 6.07) is 14.9. The fraction of sp³-hybridized carbons (Fsp3) is 0.435. The second-order valence-corrected chi connectivity index (χ2v) is 9.96. The third-order valence-electron chi connectivity index (χ3n) is 5.40. The second kappa shape index (κ2) is 10.6. The number of piperidine rings is 1. The Labute approximate surface area is 185 Å². The van der Waals surface area contributed by atoms with Crippen molar-refractivity contribution in [2.75, 3.05) is 37.3 Å². The van der Waals surface area contributed by atoms with Crippen LogP contribution in [0.3, 0.4) is 0 Å². The van der Waals surface area contributed by atoms with E-state index in [-0.39, 0.29) is 12.5 Å². The highest BCUT2D eigenvalue weighted by Crippen LogP contribution is 2.20. The van der Waals surface area contributed by atoms with Crippen molar-refractivity contribution in [2.24, 2.45) is 0 Å². The number of rotatable bonds is 9. The molecule has 0 aromatic heterocycles. The lowest BCUT2D eigenvalue weighted by atomic mass is 10.1. The van der Waals surface area contributed by atoms with E-state index in [0.717, 1.165) is 31.5 Å². The summed E-state index contributed by atoms with van der Waals surface area (Å²) in [5.74, 6) is 0.295. The zero-order chi connectivity index (χ0) is 22.3. The number of hydrogen-bond acceptors (Lipinski definition) is 5. The number of carbonyl (C=O) groups is 1. The summed E-state index contributed by atoms with van der Waals surface area (Å²) >= 11 is 0. The molecule has 8 heteroatoms. The maximum absolute atomic E-state index is 12.2. The minimum absolute atomic E-state index is 0.102. The molecule has 7 nitrogen and oxygen atoms in total. The fourth-order valence-electron chi connectivity index (χ4n) is 3.56. The van der Waals surface area contributed by atoms with Gasteiger partial charge in [-0.2, -0.15) is 0 Å². The first-order valence-corrected chi connectivity index (χ1v) is 12.4. The molecule has 1 fully saturated rings. The number of benzene rings is 2. The summed E-state index contributed by atoms with van der Waals surface area (Å²) in [6.45, 7) is 3.62. The minimum Gasteiger partial charge on any atom is -0.484 e. The number of sulfonamides is 1. The summed E-state index contributed by atoms with van der Waals surface area (Å²) in [4.78, 5) is 14.6. The summed E-state index contributed by atoms with van der Waals surface area (Å²) in [7, 11) is -1.83. The second-order valence-electron chi connectivity index (χ2n) is 7.95. The molecule has 0 radical (unpaired) electrons. The van der Waals surface area contributed by atoms with Crippen LogP contribution >= 0.6 is 0 Å². The molecule has 0 spiro atoms. The molecule has 1 N–H and O–H groups in total. The van der Waals surface area contributed by atoms with Gasteiger partial charge in [-0.15, -0.1) is 0 Å². The molecule has 2 aromatic rings. The van der Waals surface area contributed by atoms with Crippen molar-refractivity contribution in [1.29, 1.82) is 0 Å². The maximum atomic E-state index is 12.2. The van der Waals surface area contributed by atoms with Gasteiger partial charge in [0.25, 0.3) is 5.91 Å². The average Bonchev–Trinajstić information content (AvgIpc) is 2.76. The summed E-state index contributed by atoms with van der Waals surface area (Å²) in [6.07, 6.45) is 5.01. The predicted molar refractivity (Wildman–Crippen MR) is 123 cm³/mol. The summed E-state index contributed by atoms with van der Waals surface area (Å²) < 4.78 is 29.9. The number of anilines is 1. The zero-order valence-corrected chi connectivity index (χ0v) is 19.0. The Morgan fingerprint density at radius 3 is 2.42 bits per heavy atom. The van der Waals surface area contributed by atoms with E-state index in [9.17, 15) is 13.2 Å². The molecule has 1 aliphatic rings. The van der Waals surface area contributed by atoms with Crippen LogP contribution in [0.15, 0.2) is 48.5 Å². The van der Waals surface area contributed by atoms with Crippen LogP contribution in [-0.4, -0.2) is 52.2 Å². The third-order valence-corrected chi connectivity index (χ3v) is 6.61. The number of nitrogens with zero attached hydrogens (tertiary/aromatic N) is 2. The molecule has 3 rings (SSSR count). The summed E-state index contributed by atoms with van der Waals surface area (Å²) in [5, 5.41) is 2.88. The first-order chi connectivity index (χ1) is 14.8. The first-order valence-electron chi connectivity index (χ1n) is 10.5. The summed E-state index contributed by atoms with van der Waals surface area (Å²) in [5.41, 5.74) is 2.86. The van der Waals surface area contributed by atoms with E-state index in [1.54, 1.807) is 24.3 Å². The molecule has 0 saturated carbocycles. The van der Waals surface area contributed by atoms with E-state index >= 15 is 0 Å². The molecule has 1 heterocycles. The quantitative estimate of drug-likeness (QED) is 0.642. The lowest BCUT2D eigenvalue weighted by molar-refractivity contribution is -0.123. The van der Waals surface area contributed by atoms with E-state index < -0.39 is 10.0 Å². The van der Waals surface area contributed by atoms with Crippen molar-refractivity contribution < 1.29 is 17.9 Å². The van der Waals surface area contributed by atoms with E-state index in [2.05, 4.69) is 22.3 Å². The number of carbonyl (C=O) groups excluding carboxylic acids is 1. The van der Waals surface area contributed by atoms with E-state index in [0.29, 0.717) is 18.0 Å². The van der Waals surface area contributed by atoms with Gasteiger partial charge >= 0.3 is 0 Å². The SMILES string of the molecule is CN(c1ccc(OCC(=O)NCc2cccc(CN3CCCCC3)c2)cc1)S(C)(=O)=O. The van der Waals surface area contributed by atoms with Crippen molar-refractivity contribution in [3.05, 3.63) is 59.7 Å². The molecule has 0 atom stereocenters. The number of ether oxygens (including phenoxy) is 1. The number of likely N-dealkylation sites (tertiary alicyclic amines) is 1. The molecular weight excluding hydrogens is 414 g/mol. The van der Waals surface area contributed by atoms with Gasteiger partial charge in [0, 0.05) is 20.1 Å². The first kappa shape index (κ1) is 23.1. The molecule has 0 unspecified atom stereocenters. The van der Waals surface area contributed by atoms with Gasteiger partial charge < -0.3 is 10.1 Å². The molecule has 0 bridgehead atoms. The molecule has 1 saturated heterocycles. The lowest BCUT2D eigenvalue weighted by Gasteiger charge is -2.26. The number of nitrogens with one attached hydrogen (secondary N) is 1. The monoisotopic (exact) mass is 445 g/mol. The minimum atomic E-state index is -3.31. The van der Waals surface area contributed by atoms with Crippen LogP contribution in [0.4, 0.5) is 5.69 Å². The number of amides is 1. The Kier molecular flexibility index (Phi) is 7.92. The van der Waals surface area contributed by atoms with Gasteiger partial charge in [-0.25, -0.2) is 8.42 Å². The molecule has 2 aromatic carbocycles. The lowest BCUT2D eigenvalue weighted by Crippen LogP contribution is -2.29. The van der Waals surface area contributed by atoms with Gasteiger partial charge in [-0.1, -0.05) is 30.7 Å². The van der Waals surface area contributed by atoms with Gasteiger partial charge in [-0.05, 0) is 61.3 Å². The van der Waals surface area contributed by atoms with Crippen molar-refractivity contribution >= 4 is 21.6 Å². The van der Waals surface area contributed by atoms with Crippen molar-refractivity contribution in [1.82, 2.24) is 10.2 Å². The molecule has 31 heavy (non-hydrogen) atoms. The van der Waals surface area contributed by atoms with Crippen molar-refractivity contribution in [3.8, 4) is 5.75 Å². The highest BCUT2D eigenvalue weighted by atomic mass is 32.2. The number of hydrogen-bond donors (Lipinski definition) is 1. The molecule has 168 valence electrons. The van der Waals surface area contributed by atoms with Crippen LogP contribution in [0, 0.1) is 0 Å². The Bertz CT molecular complexity index is 971. The van der Waals surface area contributed by atoms with Crippen LogP contribution < -0.4 is 14.4 Å². The van der Waals surface area contributed by atoms with Crippen LogP contribution in [-0.2, 0) is 27.9 Å². The maximum Gasteiger partial charge on any atom is 0.258 e. The zero-order valence-electron chi connectivity index (χ0n) is 18.2. The van der Waals surface area contributed by atoms with Crippen molar-refractivity contribution in [3.63, 3.8) is 0 Å². The average molecular weight is 446 g/mol. The predicted octanol–water partition coefficient (Wildman–Crippen LogP) is 2.76. The Morgan fingerprint density at radius 2 is 1.74 bits per heavy atom. The standard InChI is InChI=1S/C23H31N3O4S/c1-25(31(2,28)29)21-9-11-22(12-10-21)30-18-23(27)24-16-19-7-6-8-20(15-19)17-26-13-4-3-5-14-26/h6-12,15H,3-5,13-14,16-18H2,1-2H3,(H,24,27). The van der Waals surface area contributed by atoms with Crippen LogP contribution in [0.5, 0.6) is 5.75 Å². The Morgan fingerprint density at radius 1 is 1.06 bits per heavy atom. The molecule has 1 amide bonds. The topological polar surface area (TPSA) is 79.0 Å². The van der Waals surface area contributed by atoms with Gasteiger partial charge in [0.1, 0.15) is 5.75 Å².